The van der Waals surface area contributed by atoms with Gasteiger partial charge in [0, 0.05) is 37.2 Å². The maximum Gasteiger partial charge on any atom is 0.294 e. The number of thiazole rings is 1. The summed E-state index contributed by atoms with van der Waals surface area (Å²) in [6.45, 7) is 8.81. The maximum atomic E-state index is 12.3. The minimum Gasteiger partial charge on any atom is -0.487 e. The number of furan rings is 1. The summed E-state index contributed by atoms with van der Waals surface area (Å²) >= 11 is 2.97. The third-order valence-corrected chi connectivity index (χ3v) is 8.83. The van der Waals surface area contributed by atoms with Crippen molar-refractivity contribution >= 4 is 45.4 Å². The molecule has 0 saturated carbocycles. The Labute approximate surface area is 257 Å². The van der Waals surface area contributed by atoms with Crippen LogP contribution in [-0.4, -0.2) is 65.3 Å². The Kier molecular flexibility index (Phi) is 9.09. The van der Waals surface area contributed by atoms with E-state index in [1.54, 1.807) is 61.3 Å². The molecule has 0 atom stereocenters. The summed E-state index contributed by atoms with van der Waals surface area (Å²) in [5.74, 6) is 1.91. The third kappa shape index (κ3) is 6.41. The Morgan fingerprint density at radius 3 is 2.56 bits per heavy atom. The Bertz CT molecular complexity index is 1740. The molecule has 12 heteroatoms. The van der Waals surface area contributed by atoms with Crippen LogP contribution in [0.15, 0.2) is 53.6 Å². The van der Waals surface area contributed by atoms with Crippen molar-refractivity contribution in [1.82, 2.24) is 24.5 Å². The van der Waals surface area contributed by atoms with Gasteiger partial charge in [-0.2, -0.15) is 0 Å². The second-order valence-electron chi connectivity index (χ2n) is 10.1. The largest absolute Gasteiger partial charge is 0.487 e. The van der Waals surface area contributed by atoms with Crippen LogP contribution in [-0.2, 0) is 16.1 Å². The van der Waals surface area contributed by atoms with Crippen LogP contribution in [0.2, 0.25) is 0 Å². The first-order valence-corrected chi connectivity index (χ1v) is 15.2. The zero-order valence-electron chi connectivity index (χ0n) is 24.9. The molecule has 10 nitrogen and oxygen atoms in total. The summed E-state index contributed by atoms with van der Waals surface area (Å²) < 4.78 is 24.7. The molecule has 0 saturated heterocycles. The van der Waals surface area contributed by atoms with Crippen molar-refractivity contribution in [1.29, 1.82) is 0 Å². The van der Waals surface area contributed by atoms with Crippen LogP contribution in [0.3, 0.4) is 0 Å². The molecule has 4 heterocycles. The fourth-order valence-electron chi connectivity index (χ4n) is 4.37. The van der Waals surface area contributed by atoms with Crippen molar-refractivity contribution in [2.24, 2.45) is 0 Å². The molecule has 0 unspecified atom stereocenters. The van der Waals surface area contributed by atoms with E-state index in [0.29, 0.717) is 45.3 Å². The lowest BCUT2D eigenvalue weighted by molar-refractivity contribution is 0.0827. The number of benzene rings is 1. The SMILES string of the molecule is C=Cc1oc(-c2cn3nc(OC)sc3n2)cc1/C(=C\COC)OCc1nc(-c2ccc(C(=O)N(C)C)cc2)sc1C(C)C. The van der Waals surface area contributed by atoms with Crippen molar-refractivity contribution in [3.05, 3.63) is 76.6 Å². The van der Waals surface area contributed by atoms with Crippen molar-refractivity contribution in [2.75, 3.05) is 34.9 Å². The molecular formula is C31H33N5O5S2. The average Bonchev–Trinajstić information content (AvgIpc) is 3.78. The topological polar surface area (TPSA) is 104 Å². The molecule has 5 aromatic rings. The van der Waals surface area contributed by atoms with Gasteiger partial charge in [-0.25, -0.2) is 14.5 Å². The Morgan fingerprint density at radius 1 is 1.16 bits per heavy atom. The van der Waals surface area contributed by atoms with Crippen LogP contribution in [0.1, 0.15) is 52.0 Å². The van der Waals surface area contributed by atoms with Gasteiger partial charge in [0.1, 0.15) is 28.8 Å². The zero-order valence-corrected chi connectivity index (χ0v) is 26.5. The predicted molar refractivity (Wildman–Crippen MR) is 170 cm³/mol. The number of imidazole rings is 1. The standard InChI is InChI=1S/C31H33N5O5S2/c1-8-24-21(15-26(41-24)22-16-36-30(33-22)43-31(34-36)39-7)25(13-14-38-6)40-17-23-27(18(2)3)42-28(32-23)19-9-11-20(12-10-19)29(37)35(4)5/h8-13,15-16,18H,1,14,17H2,2-7H3/b25-13+. The molecule has 4 aromatic heterocycles. The molecule has 1 aromatic carbocycles. The molecule has 5 rings (SSSR count). The summed E-state index contributed by atoms with van der Waals surface area (Å²) in [6, 6.07) is 9.42. The molecule has 0 radical (unpaired) electrons. The highest BCUT2D eigenvalue weighted by molar-refractivity contribution is 7.18. The summed E-state index contributed by atoms with van der Waals surface area (Å²) in [4.78, 5) is 25.3. The smallest absolute Gasteiger partial charge is 0.294 e. The Balaban J connectivity index is 1.42. The van der Waals surface area contributed by atoms with Crippen LogP contribution in [0.5, 0.6) is 5.19 Å². The van der Waals surface area contributed by atoms with E-state index in [0.717, 1.165) is 26.7 Å². The average molecular weight is 620 g/mol. The first kappa shape index (κ1) is 30.2. The van der Waals surface area contributed by atoms with Gasteiger partial charge >= 0.3 is 0 Å². The fourth-order valence-corrected chi connectivity index (χ4v) is 6.14. The van der Waals surface area contributed by atoms with Crippen LogP contribution in [0.25, 0.3) is 38.8 Å². The van der Waals surface area contributed by atoms with E-state index in [9.17, 15) is 4.79 Å². The molecule has 0 bridgehead atoms. The van der Waals surface area contributed by atoms with Crippen molar-refractivity contribution < 1.29 is 23.4 Å². The molecule has 0 spiro atoms. The van der Waals surface area contributed by atoms with Gasteiger partial charge in [0.2, 0.25) is 4.96 Å². The number of rotatable bonds is 12. The fraction of sp³-hybridized carbons (Fsp3) is 0.290. The summed E-state index contributed by atoms with van der Waals surface area (Å²) in [6.07, 6.45) is 5.30. The molecule has 1 amide bonds. The van der Waals surface area contributed by atoms with Gasteiger partial charge in [-0.15, -0.1) is 16.4 Å². The highest BCUT2D eigenvalue weighted by Crippen LogP contribution is 2.36. The van der Waals surface area contributed by atoms with E-state index in [2.05, 4.69) is 30.5 Å². The first-order valence-electron chi connectivity index (χ1n) is 13.5. The Hall–Kier alpha value is -4.26. The normalized spacial score (nSPS) is 11.8. The number of carbonyl (C=O) groups excluding carboxylic acids is 1. The van der Waals surface area contributed by atoms with Gasteiger partial charge in [0.05, 0.1) is 31.2 Å². The van der Waals surface area contributed by atoms with Crippen LogP contribution >= 0.6 is 22.7 Å². The number of hydrogen-bond donors (Lipinski definition) is 0. The highest BCUT2D eigenvalue weighted by atomic mass is 32.1. The van der Waals surface area contributed by atoms with Crippen LogP contribution in [0.4, 0.5) is 0 Å². The number of methoxy groups -OCH3 is 2. The molecule has 0 fully saturated rings. The lowest BCUT2D eigenvalue weighted by atomic mass is 10.1. The second kappa shape index (κ2) is 12.9. The number of carbonyl (C=O) groups is 1. The van der Waals surface area contributed by atoms with E-state index < -0.39 is 0 Å². The van der Waals surface area contributed by atoms with Gasteiger partial charge in [-0.3, -0.25) is 4.79 Å². The third-order valence-electron chi connectivity index (χ3n) is 6.50. The Morgan fingerprint density at radius 2 is 1.93 bits per heavy atom. The number of fused-ring (bicyclic) bond motifs is 1. The summed E-state index contributed by atoms with van der Waals surface area (Å²) in [5, 5.41) is 5.74. The van der Waals surface area contributed by atoms with Gasteiger partial charge < -0.3 is 23.5 Å². The van der Waals surface area contributed by atoms with Crippen LogP contribution in [0, 0.1) is 0 Å². The number of nitrogens with zero attached hydrogens (tertiary/aromatic N) is 5. The first-order chi connectivity index (χ1) is 20.7. The summed E-state index contributed by atoms with van der Waals surface area (Å²) in [7, 11) is 6.69. The predicted octanol–water partition coefficient (Wildman–Crippen LogP) is 6.86. The van der Waals surface area contributed by atoms with E-state index in [4.69, 9.17) is 23.6 Å². The highest BCUT2D eigenvalue weighted by Gasteiger charge is 2.21. The number of hydrogen-bond acceptors (Lipinski definition) is 10. The van der Waals surface area contributed by atoms with Gasteiger partial charge in [0.25, 0.3) is 11.1 Å². The van der Waals surface area contributed by atoms with Gasteiger partial charge in [-0.1, -0.05) is 32.6 Å². The van der Waals surface area contributed by atoms with E-state index in [1.807, 2.05) is 36.4 Å². The molecule has 0 aliphatic rings. The molecule has 0 aliphatic heterocycles. The molecule has 0 N–H and O–H groups in total. The van der Waals surface area contributed by atoms with Crippen molar-refractivity contribution in [2.45, 2.75) is 26.4 Å². The summed E-state index contributed by atoms with van der Waals surface area (Å²) in [5.41, 5.74) is 3.79. The van der Waals surface area contributed by atoms with Gasteiger partial charge in [-0.05, 0) is 47.6 Å². The maximum absolute atomic E-state index is 12.3. The molecule has 43 heavy (non-hydrogen) atoms. The van der Waals surface area contributed by atoms with Gasteiger partial charge in [0.15, 0.2) is 5.76 Å². The minimum absolute atomic E-state index is 0.0380. The van der Waals surface area contributed by atoms with Crippen molar-refractivity contribution in [3.63, 3.8) is 0 Å². The monoisotopic (exact) mass is 619 g/mol. The zero-order chi connectivity index (χ0) is 30.7. The number of aromatic nitrogens is 4. The minimum atomic E-state index is -0.0380. The van der Waals surface area contributed by atoms with E-state index >= 15 is 0 Å². The van der Waals surface area contributed by atoms with E-state index in [-0.39, 0.29) is 18.4 Å². The number of ether oxygens (including phenoxy) is 3. The van der Waals surface area contributed by atoms with Crippen molar-refractivity contribution in [3.8, 4) is 27.2 Å². The lowest BCUT2D eigenvalue weighted by Crippen LogP contribution is -2.21. The van der Waals surface area contributed by atoms with E-state index in [1.165, 1.54) is 11.3 Å². The molecular weight excluding hydrogens is 587 g/mol. The molecule has 224 valence electrons. The quantitative estimate of drug-likeness (QED) is 0.140. The number of amides is 1. The second-order valence-corrected chi connectivity index (χ2v) is 12.0. The van der Waals surface area contributed by atoms with Crippen LogP contribution < -0.4 is 4.74 Å². The lowest BCUT2D eigenvalue weighted by Gasteiger charge is -2.11. The molecule has 0 aliphatic carbocycles.